The van der Waals surface area contributed by atoms with Crippen molar-refractivity contribution in [3.8, 4) is 11.5 Å². The number of methoxy groups -OCH3 is 1. The summed E-state index contributed by atoms with van der Waals surface area (Å²) in [6.45, 7) is 3.91. The second-order valence-electron chi connectivity index (χ2n) is 7.88. The van der Waals surface area contributed by atoms with Gasteiger partial charge >= 0.3 is 0 Å². The van der Waals surface area contributed by atoms with Gasteiger partial charge in [-0.25, -0.2) is 9.38 Å². The van der Waals surface area contributed by atoms with Crippen LogP contribution in [0.5, 0.6) is 11.5 Å². The van der Waals surface area contributed by atoms with Crippen LogP contribution in [0.15, 0.2) is 83.2 Å². The summed E-state index contributed by atoms with van der Waals surface area (Å²) in [5, 5.41) is 14.2. The maximum Gasteiger partial charge on any atom is 0.269 e. The fourth-order valence-corrected chi connectivity index (χ4v) is 4.41. The minimum Gasteiger partial charge on any atom is -0.493 e. The first-order valence-electron chi connectivity index (χ1n) is 11.1. The molecule has 0 atom stereocenters. The molecule has 1 heterocycles. The van der Waals surface area contributed by atoms with Gasteiger partial charge in [0, 0.05) is 17.7 Å². The third-order valence-electron chi connectivity index (χ3n) is 5.25. The molecule has 1 amide bonds. The Labute approximate surface area is 216 Å². The molecule has 0 radical (unpaired) electrons. The lowest BCUT2D eigenvalue weighted by Crippen LogP contribution is -2.19. The van der Waals surface area contributed by atoms with Crippen molar-refractivity contribution >= 4 is 40.3 Å². The van der Waals surface area contributed by atoms with Crippen molar-refractivity contribution in [3.05, 3.63) is 111 Å². The van der Waals surface area contributed by atoms with Gasteiger partial charge in [-0.2, -0.15) is 0 Å². The van der Waals surface area contributed by atoms with Crippen molar-refractivity contribution in [2.75, 3.05) is 7.11 Å². The highest BCUT2D eigenvalue weighted by Crippen LogP contribution is 2.36. The maximum absolute atomic E-state index is 13.1. The summed E-state index contributed by atoms with van der Waals surface area (Å²) in [4.78, 5) is 27.9. The predicted octanol–water partition coefficient (Wildman–Crippen LogP) is 5.94. The highest BCUT2D eigenvalue weighted by molar-refractivity contribution is 8.18. The summed E-state index contributed by atoms with van der Waals surface area (Å²) >= 11 is 1.17. The number of nitro groups is 1. The largest absolute Gasteiger partial charge is 0.493 e. The SMILES string of the molecule is C=CCc1cc(/C=C2/SC(=Nc3ccc(F)cc3)NC2=O)cc(OC)c1OCc1cccc([N+](=O)[O-])c1. The Morgan fingerprint density at radius 1 is 1.19 bits per heavy atom. The second-order valence-corrected chi connectivity index (χ2v) is 8.91. The molecule has 37 heavy (non-hydrogen) atoms. The number of aliphatic imine (C=N–C) groups is 1. The number of hydrogen-bond donors (Lipinski definition) is 1. The van der Waals surface area contributed by atoms with Crippen molar-refractivity contribution in [1.29, 1.82) is 0 Å². The lowest BCUT2D eigenvalue weighted by atomic mass is 10.0. The van der Waals surface area contributed by atoms with E-state index in [-0.39, 0.29) is 24.0 Å². The zero-order chi connectivity index (χ0) is 26.4. The van der Waals surface area contributed by atoms with Crippen molar-refractivity contribution in [3.63, 3.8) is 0 Å². The van der Waals surface area contributed by atoms with E-state index in [1.54, 1.807) is 30.4 Å². The molecule has 0 saturated carbocycles. The summed E-state index contributed by atoms with van der Waals surface area (Å²) in [6.07, 6.45) is 3.90. The van der Waals surface area contributed by atoms with Gasteiger partial charge in [0.1, 0.15) is 12.4 Å². The standard InChI is InChI=1S/C27H22FN3O5S/c1-3-5-19-12-18(15-24-26(32)30-27(37-24)29-21-10-8-20(28)9-11-21)14-23(35-2)25(19)36-16-17-6-4-7-22(13-17)31(33)34/h3-4,6-15H,1,5,16H2,2H3,(H,29,30,32)/b24-15+. The number of non-ortho nitro benzene ring substituents is 1. The molecule has 1 fully saturated rings. The van der Waals surface area contributed by atoms with Gasteiger partial charge in [0.15, 0.2) is 16.7 Å². The van der Waals surface area contributed by atoms with Crippen molar-refractivity contribution in [2.24, 2.45) is 4.99 Å². The summed E-state index contributed by atoms with van der Waals surface area (Å²) in [5.41, 5.74) is 2.62. The van der Waals surface area contributed by atoms with E-state index < -0.39 is 4.92 Å². The molecule has 1 N–H and O–H groups in total. The Morgan fingerprint density at radius 3 is 2.68 bits per heavy atom. The number of carbonyl (C=O) groups excluding carboxylic acids is 1. The number of thioether (sulfide) groups is 1. The molecular formula is C27H22FN3O5S. The summed E-state index contributed by atoms with van der Waals surface area (Å²) < 4.78 is 24.7. The van der Waals surface area contributed by atoms with E-state index in [4.69, 9.17) is 9.47 Å². The summed E-state index contributed by atoms with van der Waals surface area (Å²) in [6, 6.07) is 15.5. The molecule has 1 saturated heterocycles. The Hall–Kier alpha value is -4.44. The lowest BCUT2D eigenvalue weighted by molar-refractivity contribution is -0.384. The lowest BCUT2D eigenvalue weighted by Gasteiger charge is -2.16. The number of benzene rings is 3. The van der Waals surface area contributed by atoms with Gasteiger partial charge in [0.05, 0.1) is 22.6 Å². The van der Waals surface area contributed by atoms with Crippen LogP contribution in [0.3, 0.4) is 0 Å². The van der Waals surface area contributed by atoms with Crippen molar-refractivity contribution < 1.29 is 23.6 Å². The monoisotopic (exact) mass is 519 g/mol. The van der Waals surface area contributed by atoms with Gasteiger partial charge < -0.3 is 14.8 Å². The first-order valence-corrected chi connectivity index (χ1v) is 11.9. The minimum absolute atomic E-state index is 0.0176. The van der Waals surface area contributed by atoms with E-state index in [9.17, 15) is 19.3 Å². The van der Waals surface area contributed by atoms with Crippen LogP contribution >= 0.6 is 11.8 Å². The van der Waals surface area contributed by atoms with Crippen LogP contribution < -0.4 is 14.8 Å². The van der Waals surface area contributed by atoms with Crippen LogP contribution in [0.1, 0.15) is 16.7 Å². The van der Waals surface area contributed by atoms with Crippen molar-refractivity contribution in [1.82, 2.24) is 5.32 Å². The van der Waals surface area contributed by atoms with Crippen LogP contribution in [-0.4, -0.2) is 23.1 Å². The van der Waals surface area contributed by atoms with Gasteiger partial charge in [-0.15, -0.1) is 6.58 Å². The number of hydrogen-bond acceptors (Lipinski definition) is 7. The molecule has 3 aromatic carbocycles. The number of allylic oxidation sites excluding steroid dienone is 1. The molecule has 1 aliphatic heterocycles. The maximum atomic E-state index is 13.1. The number of nitro benzene ring substituents is 1. The number of rotatable bonds is 9. The van der Waals surface area contributed by atoms with E-state index >= 15 is 0 Å². The smallest absolute Gasteiger partial charge is 0.269 e. The molecule has 1 aliphatic rings. The van der Waals surface area contributed by atoms with Crippen LogP contribution in [0.4, 0.5) is 15.8 Å². The third-order valence-corrected chi connectivity index (χ3v) is 6.16. The highest BCUT2D eigenvalue weighted by Gasteiger charge is 2.24. The molecule has 10 heteroatoms. The number of nitrogens with zero attached hydrogens (tertiary/aromatic N) is 2. The number of amidine groups is 1. The fraction of sp³-hybridized carbons (Fsp3) is 0.111. The fourth-order valence-electron chi connectivity index (χ4n) is 3.57. The summed E-state index contributed by atoms with van der Waals surface area (Å²) in [5.74, 6) is 0.258. The first kappa shape index (κ1) is 25.6. The normalized spacial score (nSPS) is 15.0. The number of halogens is 1. The number of carbonyl (C=O) groups is 1. The van der Waals surface area contributed by atoms with Gasteiger partial charge in [-0.1, -0.05) is 18.2 Å². The average molecular weight is 520 g/mol. The zero-order valence-electron chi connectivity index (χ0n) is 19.8. The molecule has 0 spiro atoms. The molecular weight excluding hydrogens is 497 g/mol. The topological polar surface area (TPSA) is 103 Å². The van der Waals surface area contributed by atoms with Gasteiger partial charge in [0.2, 0.25) is 0 Å². The van der Waals surface area contributed by atoms with Gasteiger partial charge in [0.25, 0.3) is 11.6 Å². The van der Waals surface area contributed by atoms with Gasteiger partial charge in [-0.3, -0.25) is 14.9 Å². The van der Waals surface area contributed by atoms with Gasteiger partial charge in [-0.05, 0) is 71.8 Å². The Bertz CT molecular complexity index is 1420. The van der Waals surface area contributed by atoms with E-state index in [0.717, 1.165) is 5.56 Å². The van der Waals surface area contributed by atoms with E-state index in [2.05, 4.69) is 16.9 Å². The molecule has 8 nitrogen and oxygen atoms in total. The predicted molar refractivity (Wildman–Crippen MR) is 142 cm³/mol. The first-order chi connectivity index (χ1) is 17.9. The zero-order valence-corrected chi connectivity index (χ0v) is 20.6. The second kappa shape index (κ2) is 11.5. The van der Waals surface area contributed by atoms with E-state index in [1.165, 1.54) is 55.3 Å². The van der Waals surface area contributed by atoms with Crippen LogP contribution in [0.2, 0.25) is 0 Å². The number of nitrogens with one attached hydrogen (secondary N) is 1. The third kappa shape index (κ3) is 6.42. The Morgan fingerprint density at radius 2 is 1.97 bits per heavy atom. The minimum atomic E-state index is -0.456. The number of amides is 1. The van der Waals surface area contributed by atoms with Crippen LogP contribution in [0.25, 0.3) is 6.08 Å². The number of ether oxygens (including phenoxy) is 2. The van der Waals surface area contributed by atoms with Crippen LogP contribution in [0, 0.1) is 15.9 Å². The van der Waals surface area contributed by atoms with E-state index in [0.29, 0.717) is 44.8 Å². The molecule has 0 unspecified atom stereocenters. The molecule has 0 bridgehead atoms. The average Bonchev–Trinajstić information content (AvgIpc) is 3.22. The molecule has 3 aromatic rings. The van der Waals surface area contributed by atoms with Crippen LogP contribution in [-0.2, 0) is 17.8 Å². The van der Waals surface area contributed by atoms with Crippen molar-refractivity contribution in [2.45, 2.75) is 13.0 Å². The Balaban J connectivity index is 1.59. The quantitative estimate of drug-likeness (QED) is 0.162. The Kier molecular flexibility index (Phi) is 7.99. The van der Waals surface area contributed by atoms with E-state index in [1.807, 2.05) is 6.07 Å². The molecule has 4 rings (SSSR count). The highest BCUT2D eigenvalue weighted by atomic mass is 32.2. The molecule has 188 valence electrons. The summed E-state index contributed by atoms with van der Waals surface area (Å²) in [7, 11) is 1.51. The molecule has 0 aromatic heterocycles. The molecule has 0 aliphatic carbocycles.